The fourth-order valence-corrected chi connectivity index (χ4v) is 4.35. The third kappa shape index (κ3) is 3.91. The highest BCUT2D eigenvalue weighted by Crippen LogP contribution is 2.27. The van der Waals surface area contributed by atoms with Gasteiger partial charge in [-0.15, -0.1) is 5.10 Å². The maximum atomic E-state index is 12.9. The fraction of sp³-hybridized carbons (Fsp3) is 0.412. The summed E-state index contributed by atoms with van der Waals surface area (Å²) in [4.78, 5) is 0.272. The minimum Gasteiger partial charge on any atom is -0.494 e. The van der Waals surface area contributed by atoms with Crippen LogP contribution < -0.4 is 9.47 Å². The number of hydrogen-bond acceptors (Lipinski definition) is 6. The van der Waals surface area contributed by atoms with Crippen molar-refractivity contribution in [1.82, 2.24) is 14.5 Å². The smallest absolute Gasteiger partial charge is 0.243 e. The average molecular weight is 363 g/mol. The van der Waals surface area contributed by atoms with Gasteiger partial charge >= 0.3 is 0 Å². The van der Waals surface area contributed by atoms with Crippen LogP contribution in [-0.4, -0.2) is 48.7 Å². The molecule has 134 valence electrons. The number of sulfonamides is 1. The topological polar surface area (TPSA) is 81.6 Å². The van der Waals surface area contributed by atoms with Crippen molar-refractivity contribution in [2.75, 3.05) is 19.7 Å². The minimum atomic E-state index is -3.56. The maximum absolute atomic E-state index is 12.9. The Bertz CT molecular complexity index is 827. The van der Waals surface area contributed by atoms with E-state index in [1.54, 1.807) is 36.5 Å². The third-order valence-electron chi connectivity index (χ3n) is 4.03. The molecule has 1 saturated heterocycles. The van der Waals surface area contributed by atoms with Gasteiger partial charge in [-0.1, -0.05) is 0 Å². The van der Waals surface area contributed by atoms with Crippen LogP contribution in [-0.2, 0) is 10.0 Å². The van der Waals surface area contributed by atoms with Crippen LogP contribution in [0.2, 0.25) is 0 Å². The van der Waals surface area contributed by atoms with E-state index in [4.69, 9.17) is 9.47 Å². The molecule has 0 saturated carbocycles. The van der Waals surface area contributed by atoms with Gasteiger partial charge in [0.15, 0.2) is 0 Å². The van der Waals surface area contributed by atoms with Crippen LogP contribution in [0.15, 0.2) is 41.4 Å². The van der Waals surface area contributed by atoms with Crippen LogP contribution in [0, 0.1) is 6.92 Å². The number of ether oxygens (including phenoxy) is 2. The molecule has 8 heteroatoms. The van der Waals surface area contributed by atoms with Crippen LogP contribution in [0.3, 0.4) is 0 Å². The van der Waals surface area contributed by atoms with Crippen LogP contribution in [0.25, 0.3) is 0 Å². The van der Waals surface area contributed by atoms with Gasteiger partial charge in [0.05, 0.1) is 18.0 Å². The number of benzene rings is 1. The van der Waals surface area contributed by atoms with E-state index < -0.39 is 10.0 Å². The summed E-state index contributed by atoms with van der Waals surface area (Å²) in [6.07, 6.45) is 1.95. The van der Waals surface area contributed by atoms with Gasteiger partial charge in [0, 0.05) is 18.8 Å². The van der Waals surface area contributed by atoms with Gasteiger partial charge in [-0.2, -0.15) is 9.40 Å². The molecular formula is C17H21N3O4S. The molecule has 0 N–H and O–H groups in total. The molecule has 1 aliphatic heterocycles. The normalized spacial score (nSPS) is 18.2. The fourth-order valence-electron chi connectivity index (χ4n) is 2.78. The molecule has 1 aromatic carbocycles. The molecule has 3 rings (SSSR count). The lowest BCUT2D eigenvalue weighted by Gasteiger charge is -2.18. The predicted octanol–water partition coefficient (Wildman–Crippen LogP) is 2.03. The van der Waals surface area contributed by atoms with Crippen molar-refractivity contribution in [2.24, 2.45) is 0 Å². The second-order valence-electron chi connectivity index (χ2n) is 5.81. The van der Waals surface area contributed by atoms with Crippen LogP contribution in [0.5, 0.6) is 11.6 Å². The Morgan fingerprint density at radius 3 is 2.84 bits per heavy atom. The standard InChI is InChI=1S/C17H21N3O4S/c1-3-23-16-7-6-15(11-13(16)2)25(21,22)20-10-8-14(12-20)24-17-5-4-9-18-19-17/h4-7,9,11,14H,3,8,10,12H2,1-2H3. The van der Waals surface area contributed by atoms with E-state index in [9.17, 15) is 8.42 Å². The molecule has 0 aliphatic carbocycles. The van der Waals surface area contributed by atoms with Crippen LogP contribution in [0.4, 0.5) is 0 Å². The van der Waals surface area contributed by atoms with Crippen LogP contribution in [0.1, 0.15) is 18.9 Å². The zero-order valence-corrected chi connectivity index (χ0v) is 15.1. The lowest BCUT2D eigenvalue weighted by Crippen LogP contribution is -2.31. The Kier molecular flexibility index (Phi) is 5.19. The summed E-state index contributed by atoms with van der Waals surface area (Å²) in [5.41, 5.74) is 0.800. The quantitative estimate of drug-likeness (QED) is 0.781. The van der Waals surface area contributed by atoms with Gasteiger partial charge < -0.3 is 9.47 Å². The highest BCUT2D eigenvalue weighted by Gasteiger charge is 2.34. The Hall–Kier alpha value is -2.19. The zero-order chi connectivity index (χ0) is 17.9. The average Bonchev–Trinajstić information content (AvgIpc) is 3.07. The SMILES string of the molecule is CCOc1ccc(S(=O)(=O)N2CCC(Oc3cccnn3)C2)cc1C. The highest BCUT2D eigenvalue weighted by molar-refractivity contribution is 7.89. The van der Waals surface area contributed by atoms with Gasteiger partial charge in [-0.3, -0.25) is 0 Å². The summed E-state index contributed by atoms with van der Waals surface area (Å²) >= 11 is 0. The van der Waals surface area contributed by atoms with Gasteiger partial charge in [-0.05, 0) is 50.1 Å². The second kappa shape index (κ2) is 7.37. The zero-order valence-electron chi connectivity index (χ0n) is 14.3. The van der Waals surface area contributed by atoms with Gasteiger partial charge in [0.2, 0.25) is 15.9 Å². The molecule has 25 heavy (non-hydrogen) atoms. The van der Waals surface area contributed by atoms with Crippen molar-refractivity contribution in [1.29, 1.82) is 0 Å². The molecule has 1 aliphatic rings. The number of aryl methyl sites for hydroxylation is 1. The Labute approximate surface area is 147 Å². The summed E-state index contributed by atoms with van der Waals surface area (Å²) in [5, 5.41) is 7.63. The van der Waals surface area contributed by atoms with E-state index in [0.717, 1.165) is 5.56 Å². The largest absolute Gasteiger partial charge is 0.494 e. The van der Waals surface area contributed by atoms with E-state index in [1.165, 1.54) is 4.31 Å². The molecule has 1 fully saturated rings. The van der Waals surface area contributed by atoms with Crippen LogP contribution >= 0.6 is 0 Å². The van der Waals surface area contributed by atoms with Gasteiger partial charge in [-0.25, -0.2) is 8.42 Å². The molecule has 0 amide bonds. The summed E-state index contributed by atoms with van der Waals surface area (Å²) in [7, 11) is -3.56. The molecule has 1 unspecified atom stereocenters. The van der Waals surface area contributed by atoms with Gasteiger partial charge in [0.25, 0.3) is 0 Å². The first kappa shape index (κ1) is 17.6. The molecule has 1 atom stereocenters. The lowest BCUT2D eigenvalue weighted by molar-refractivity contribution is 0.204. The molecule has 1 aromatic heterocycles. The van der Waals surface area contributed by atoms with E-state index in [1.807, 2.05) is 13.8 Å². The Morgan fingerprint density at radius 1 is 1.32 bits per heavy atom. The van der Waals surface area contributed by atoms with Gasteiger partial charge in [0.1, 0.15) is 11.9 Å². The molecule has 2 heterocycles. The van der Waals surface area contributed by atoms with Crippen molar-refractivity contribution < 1.29 is 17.9 Å². The number of nitrogens with zero attached hydrogens (tertiary/aromatic N) is 3. The third-order valence-corrected chi connectivity index (χ3v) is 5.89. The number of hydrogen-bond donors (Lipinski definition) is 0. The molecule has 0 radical (unpaired) electrons. The van der Waals surface area contributed by atoms with Crippen molar-refractivity contribution in [3.63, 3.8) is 0 Å². The first-order valence-corrected chi connectivity index (χ1v) is 9.62. The molecule has 2 aromatic rings. The Balaban J connectivity index is 1.72. The molecule has 0 bridgehead atoms. The second-order valence-corrected chi connectivity index (χ2v) is 7.75. The van der Waals surface area contributed by atoms with Crippen molar-refractivity contribution in [2.45, 2.75) is 31.3 Å². The summed E-state index contributed by atoms with van der Waals surface area (Å²) in [6, 6.07) is 8.38. The van der Waals surface area contributed by atoms with E-state index in [-0.39, 0.29) is 11.0 Å². The summed E-state index contributed by atoms with van der Waals surface area (Å²) < 4.78 is 38.3. The summed E-state index contributed by atoms with van der Waals surface area (Å²) in [6.45, 7) is 4.99. The Morgan fingerprint density at radius 2 is 2.16 bits per heavy atom. The first-order valence-electron chi connectivity index (χ1n) is 8.18. The number of rotatable bonds is 6. The van der Waals surface area contributed by atoms with Crippen molar-refractivity contribution in [3.8, 4) is 11.6 Å². The predicted molar refractivity (Wildman–Crippen MR) is 92.2 cm³/mol. The van der Waals surface area contributed by atoms with Crippen molar-refractivity contribution in [3.05, 3.63) is 42.1 Å². The van der Waals surface area contributed by atoms with E-state index in [2.05, 4.69) is 10.2 Å². The number of aromatic nitrogens is 2. The van der Waals surface area contributed by atoms with E-state index in [0.29, 0.717) is 37.7 Å². The molecule has 7 nitrogen and oxygen atoms in total. The lowest BCUT2D eigenvalue weighted by atomic mass is 10.2. The first-order chi connectivity index (χ1) is 12.0. The maximum Gasteiger partial charge on any atom is 0.243 e. The minimum absolute atomic E-state index is 0.227. The summed E-state index contributed by atoms with van der Waals surface area (Å²) in [5.74, 6) is 1.11. The van der Waals surface area contributed by atoms with Crippen molar-refractivity contribution >= 4 is 10.0 Å². The molecular weight excluding hydrogens is 342 g/mol. The highest BCUT2D eigenvalue weighted by atomic mass is 32.2. The van der Waals surface area contributed by atoms with E-state index >= 15 is 0 Å². The monoisotopic (exact) mass is 363 g/mol. The molecule has 0 spiro atoms.